The van der Waals surface area contributed by atoms with E-state index in [0.717, 1.165) is 4.90 Å². The molecule has 5 nitrogen and oxygen atoms in total. The van der Waals surface area contributed by atoms with Gasteiger partial charge in [-0.1, -0.05) is 0 Å². The summed E-state index contributed by atoms with van der Waals surface area (Å²) in [5, 5.41) is 11.5. The molecule has 6 heteroatoms. The Kier molecular flexibility index (Phi) is 5.81. The van der Waals surface area contributed by atoms with Crippen LogP contribution >= 0.6 is 11.8 Å². The van der Waals surface area contributed by atoms with Gasteiger partial charge in [0.1, 0.15) is 11.6 Å². The molecule has 0 fully saturated rings. The van der Waals surface area contributed by atoms with Crippen LogP contribution in [0.1, 0.15) is 13.8 Å². The van der Waals surface area contributed by atoms with Gasteiger partial charge in [0.05, 0.1) is 5.75 Å². The number of thioether (sulfide) groups is 1. The van der Waals surface area contributed by atoms with E-state index in [2.05, 4.69) is 5.32 Å². The molecule has 1 amide bonds. The van der Waals surface area contributed by atoms with Gasteiger partial charge < -0.3 is 11.1 Å². The Hall–Kier alpha value is -2.26. The average molecular weight is 289 g/mol. The van der Waals surface area contributed by atoms with Gasteiger partial charge in [0.25, 0.3) is 0 Å². The minimum absolute atomic E-state index is 0.00682. The Morgan fingerprint density at radius 1 is 1.30 bits per heavy atom. The fraction of sp³-hybridized carbons (Fsp3) is 0.214. The van der Waals surface area contributed by atoms with Gasteiger partial charge in [-0.15, -0.1) is 11.8 Å². The summed E-state index contributed by atoms with van der Waals surface area (Å²) in [6, 6.07) is 8.92. The van der Waals surface area contributed by atoms with Gasteiger partial charge in [-0.2, -0.15) is 5.26 Å². The SMILES string of the molecule is CC(=O)Nc1ccc(SCC(=O)/C(C#N)=C(\C)N)cc1. The van der Waals surface area contributed by atoms with Gasteiger partial charge in [-0.25, -0.2) is 0 Å². The number of ketones is 1. The molecule has 0 aliphatic carbocycles. The molecule has 1 aromatic rings. The highest BCUT2D eigenvalue weighted by molar-refractivity contribution is 8.00. The molecule has 0 aromatic heterocycles. The number of amides is 1. The number of rotatable bonds is 5. The highest BCUT2D eigenvalue weighted by atomic mass is 32.2. The Morgan fingerprint density at radius 2 is 1.90 bits per heavy atom. The first-order chi connectivity index (χ1) is 9.43. The zero-order valence-electron chi connectivity index (χ0n) is 11.3. The Balaban J connectivity index is 2.63. The number of nitrogens with two attached hydrogens (primary N) is 1. The van der Waals surface area contributed by atoms with Crippen LogP contribution in [-0.4, -0.2) is 17.4 Å². The number of carbonyl (C=O) groups excluding carboxylic acids is 2. The molecule has 0 radical (unpaired) electrons. The van der Waals surface area contributed by atoms with Crippen LogP contribution in [-0.2, 0) is 9.59 Å². The van der Waals surface area contributed by atoms with Crippen molar-refractivity contribution in [3.8, 4) is 6.07 Å². The van der Waals surface area contributed by atoms with Gasteiger partial charge in [-0.3, -0.25) is 9.59 Å². The van der Waals surface area contributed by atoms with Crippen LogP contribution < -0.4 is 11.1 Å². The standard InChI is InChI=1S/C14H15N3O2S/c1-9(16)13(7-15)14(19)8-20-12-5-3-11(4-6-12)17-10(2)18/h3-6H,8,16H2,1-2H3,(H,17,18)/b13-9+. The van der Waals surface area contributed by atoms with E-state index in [9.17, 15) is 9.59 Å². The van der Waals surface area contributed by atoms with E-state index in [0.29, 0.717) is 5.69 Å². The summed E-state index contributed by atoms with van der Waals surface area (Å²) in [4.78, 5) is 23.5. The topological polar surface area (TPSA) is 96.0 Å². The number of nitrogens with zero attached hydrogens (tertiary/aromatic N) is 1. The second-order valence-electron chi connectivity index (χ2n) is 4.09. The molecule has 0 spiro atoms. The van der Waals surface area contributed by atoms with Crippen molar-refractivity contribution in [3.05, 3.63) is 35.5 Å². The molecule has 0 aliphatic rings. The molecule has 0 aliphatic heterocycles. The average Bonchev–Trinajstić information content (AvgIpc) is 2.37. The van der Waals surface area contributed by atoms with E-state index in [1.807, 2.05) is 6.07 Å². The fourth-order valence-electron chi connectivity index (χ4n) is 1.43. The monoisotopic (exact) mass is 289 g/mol. The molecule has 0 saturated heterocycles. The second kappa shape index (κ2) is 7.36. The number of hydrogen-bond donors (Lipinski definition) is 2. The van der Waals surface area contributed by atoms with Gasteiger partial charge >= 0.3 is 0 Å². The third kappa shape index (κ3) is 4.78. The van der Waals surface area contributed by atoms with Crippen molar-refractivity contribution in [2.24, 2.45) is 5.73 Å². The summed E-state index contributed by atoms with van der Waals surface area (Å²) in [6.07, 6.45) is 0. The summed E-state index contributed by atoms with van der Waals surface area (Å²) in [5.41, 5.74) is 6.41. The lowest BCUT2D eigenvalue weighted by atomic mass is 10.2. The largest absolute Gasteiger partial charge is 0.401 e. The lowest BCUT2D eigenvalue weighted by Gasteiger charge is -2.04. The van der Waals surface area contributed by atoms with Gasteiger partial charge in [-0.05, 0) is 31.2 Å². The quantitative estimate of drug-likeness (QED) is 0.491. The van der Waals surface area contributed by atoms with Crippen LogP contribution in [0, 0.1) is 11.3 Å². The number of nitrogens with one attached hydrogen (secondary N) is 1. The van der Waals surface area contributed by atoms with E-state index >= 15 is 0 Å². The van der Waals surface area contributed by atoms with Crippen molar-refractivity contribution in [1.29, 1.82) is 5.26 Å². The molecule has 1 aromatic carbocycles. The van der Waals surface area contributed by atoms with Gasteiger partial charge in [0, 0.05) is 23.2 Å². The third-order valence-electron chi connectivity index (χ3n) is 2.33. The van der Waals surface area contributed by atoms with Crippen LogP contribution in [0.3, 0.4) is 0 Å². The number of benzene rings is 1. The van der Waals surface area contributed by atoms with Crippen molar-refractivity contribution < 1.29 is 9.59 Å². The van der Waals surface area contributed by atoms with Crippen molar-refractivity contribution in [2.75, 3.05) is 11.1 Å². The maximum absolute atomic E-state index is 11.8. The van der Waals surface area contributed by atoms with Crippen molar-refractivity contribution >= 4 is 29.1 Å². The molecule has 0 atom stereocenters. The predicted octanol–water partition coefficient (Wildman–Crippen LogP) is 2.06. The van der Waals surface area contributed by atoms with E-state index in [1.165, 1.54) is 25.6 Å². The van der Waals surface area contributed by atoms with E-state index in [-0.39, 0.29) is 28.7 Å². The highest BCUT2D eigenvalue weighted by Crippen LogP contribution is 2.21. The molecule has 1 rings (SSSR count). The third-order valence-corrected chi connectivity index (χ3v) is 3.34. The minimum Gasteiger partial charge on any atom is -0.401 e. The Bertz CT molecular complexity index is 581. The number of Topliss-reactive ketones (excluding diaryl/α,β-unsaturated/α-hetero) is 1. The van der Waals surface area contributed by atoms with Gasteiger partial charge in [0.15, 0.2) is 5.78 Å². The Morgan fingerprint density at radius 3 is 2.35 bits per heavy atom. The first kappa shape index (κ1) is 15.8. The van der Waals surface area contributed by atoms with Gasteiger partial charge in [0.2, 0.25) is 5.91 Å². The van der Waals surface area contributed by atoms with Crippen molar-refractivity contribution in [2.45, 2.75) is 18.7 Å². The molecule has 104 valence electrons. The van der Waals surface area contributed by atoms with Crippen LogP contribution in [0.5, 0.6) is 0 Å². The second-order valence-corrected chi connectivity index (χ2v) is 5.14. The van der Waals surface area contributed by atoms with Crippen LogP contribution in [0.2, 0.25) is 0 Å². The van der Waals surface area contributed by atoms with E-state index in [4.69, 9.17) is 11.0 Å². The van der Waals surface area contributed by atoms with Crippen LogP contribution in [0.4, 0.5) is 5.69 Å². The maximum Gasteiger partial charge on any atom is 0.221 e. The van der Waals surface area contributed by atoms with E-state index in [1.54, 1.807) is 24.3 Å². The first-order valence-electron chi connectivity index (χ1n) is 5.84. The summed E-state index contributed by atoms with van der Waals surface area (Å²) < 4.78 is 0. The van der Waals surface area contributed by atoms with Crippen LogP contribution in [0.15, 0.2) is 40.4 Å². The highest BCUT2D eigenvalue weighted by Gasteiger charge is 2.11. The number of hydrogen-bond acceptors (Lipinski definition) is 5. The molecular weight excluding hydrogens is 274 g/mol. The van der Waals surface area contributed by atoms with E-state index < -0.39 is 0 Å². The molecular formula is C14H15N3O2S. The summed E-state index contributed by atoms with van der Waals surface area (Å²) in [6.45, 7) is 2.97. The van der Waals surface area contributed by atoms with Crippen LogP contribution in [0.25, 0.3) is 0 Å². The molecule has 20 heavy (non-hydrogen) atoms. The summed E-state index contributed by atoms with van der Waals surface area (Å²) >= 11 is 1.31. The number of anilines is 1. The fourth-order valence-corrected chi connectivity index (χ4v) is 2.20. The zero-order chi connectivity index (χ0) is 15.1. The predicted molar refractivity (Wildman–Crippen MR) is 79.0 cm³/mol. The lowest BCUT2D eigenvalue weighted by Crippen LogP contribution is -2.10. The normalized spacial score (nSPS) is 11.2. The molecule has 0 unspecified atom stereocenters. The molecule has 0 heterocycles. The zero-order valence-corrected chi connectivity index (χ0v) is 12.1. The maximum atomic E-state index is 11.8. The molecule has 0 saturated carbocycles. The molecule has 3 N–H and O–H groups in total. The van der Waals surface area contributed by atoms with Crippen molar-refractivity contribution in [1.82, 2.24) is 0 Å². The lowest BCUT2D eigenvalue weighted by molar-refractivity contribution is -0.114. The molecule has 0 bridgehead atoms. The number of allylic oxidation sites excluding steroid dienone is 2. The summed E-state index contributed by atoms with van der Waals surface area (Å²) in [7, 11) is 0. The number of nitriles is 1. The Labute approximate surface area is 121 Å². The number of carbonyl (C=O) groups is 2. The van der Waals surface area contributed by atoms with Crippen molar-refractivity contribution in [3.63, 3.8) is 0 Å². The first-order valence-corrected chi connectivity index (χ1v) is 6.82. The minimum atomic E-state index is -0.288. The summed E-state index contributed by atoms with van der Waals surface area (Å²) in [5.74, 6) is -0.275. The smallest absolute Gasteiger partial charge is 0.221 e.